The maximum atomic E-state index is 9.12. The summed E-state index contributed by atoms with van der Waals surface area (Å²) in [6.45, 7) is 4.95. The summed E-state index contributed by atoms with van der Waals surface area (Å²) in [5.41, 5.74) is 1.89. The summed E-state index contributed by atoms with van der Waals surface area (Å²) in [4.78, 5) is 11.6. The second-order valence-corrected chi connectivity index (χ2v) is 7.38. The first-order chi connectivity index (χ1) is 13.2. The van der Waals surface area contributed by atoms with Crippen molar-refractivity contribution in [3.05, 3.63) is 41.6 Å². The first-order valence-corrected chi connectivity index (χ1v) is 9.72. The van der Waals surface area contributed by atoms with Crippen molar-refractivity contribution in [2.75, 3.05) is 30.0 Å². The molecule has 0 aliphatic carbocycles. The van der Waals surface area contributed by atoms with Crippen LogP contribution in [0.2, 0.25) is 0 Å². The lowest BCUT2D eigenvalue weighted by atomic mass is 9.92. The Kier molecular flexibility index (Phi) is 5.21. The first kappa shape index (κ1) is 17.7. The van der Waals surface area contributed by atoms with E-state index in [1.807, 2.05) is 0 Å². The molecule has 2 saturated heterocycles. The molecule has 2 aromatic heterocycles. The van der Waals surface area contributed by atoms with Crippen LogP contribution in [0.5, 0.6) is 0 Å². The van der Waals surface area contributed by atoms with Crippen LogP contribution >= 0.6 is 0 Å². The number of aromatic nitrogens is 2. The van der Waals surface area contributed by atoms with E-state index in [0.717, 1.165) is 44.2 Å². The number of rotatable bonds is 4. The molecule has 0 bridgehead atoms. The van der Waals surface area contributed by atoms with Gasteiger partial charge in [-0.05, 0) is 68.4 Å². The Bertz CT molecular complexity index is 841. The highest BCUT2D eigenvalue weighted by molar-refractivity contribution is 5.59. The van der Waals surface area contributed by atoms with E-state index >= 15 is 0 Å². The maximum Gasteiger partial charge on any atom is 0.134 e. The number of nitrogens with one attached hydrogen (secondary N) is 1. The minimum absolute atomic E-state index is 0.498. The van der Waals surface area contributed by atoms with E-state index in [2.05, 4.69) is 40.3 Å². The van der Waals surface area contributed by atoms with Gasteiger partial charge in [-0.15, -0.1) is 0 Å². The van der Waals surface area contributed by atoms with E-state index < -0.39 is 0 Å². The number of ether oxygens (including phenoxy) is 1. The highest BCUT2D eigenvalue weighted by Gasteiger charge is 2.24. The summed E-state index contributed by atoms with van der Waals surface area (Å²) in [5.74, 6) is 2.96. The largest absolute Gasteiger partial charge is 0.381 e. The molecule has 6 nitrogen and oxygen atoms in total. The third kappa shape index (κ3) is 4.04. The predicted octanol–water partition coefficient (Wildman–Crippen LogP) is 3.97. The molecule has 0 spiro atoms. The zero-order valence-corrected chi connectivity index (χ0v) is 15.7. The van der Waals surface area contributed by atoms with Gasteiger partial charge in [0.15, 0.2) is 0 Å². The summed E-state index contributed by atoms with van der Waals surface area (Å²) < 4.78 is 5.54. The van der Waals surface area contributed by atoms with Gasteiger partial charge in [0.25, 0.3) is 0 Å². The average molecular weight is 363 g/mol. The molecule has 27 heavy (non-hydrogen) atoms. The lowest BCUT2D eigenvalue weighted by Crippen LogP contribution is -2.27. The highest BCUT2D eigenvalue weighted by Crippen LogP contribution is 2.33. The van der Waals surface area contributed by atoms with E-state index in [-0.39, 0.29) is 0 Å². The van der Waals surface area contributed by atoms with Crippen molar-refractivity contribution in [1.82, 2.24) is 9.97 Å². The lowest BCUT2D eigenvalue weighted by molar-refractivity contribution is 0.0853. The number of pyridine rings is 2. The molecule has 140 valence electrons. The first-order valence-electron chi connectivity index (χ1n) is 9.72. The van der Waals surface area contributed by atoms with Crippen LogP contribution in [0.3, 0.4) is 0 Å². The predicted molar refractivity (Wildman–Crippen MR) is 105 cm³/mol. The fourth-order valence-corrected chi connectivity index (χ4v) is 3.99. The van der Waals surface area contributed by atoms with Gasteiger partial charge in [-0.25, -0.2) is 9.97 Å². The van der Waals surface area contributed by atoms with E-state index in [9.17, 15) is 0 Å². The van der Waals surface area contributed by atoms with Gasteiger partial charge in [0.1, 0.15) is 17.5 Å². The van der Waals surface area contributed by atoms with Crippen molar-refractivity contribution in [1.29, 1.82) is 5.26 Å². The van der Waals surface area contributed by atoms with Crippen LogP contribution in [0.4, 0.5) is 17.5 Å². The SMILES string of the molecule is C[C@@H]1CCCN1c1cc(C2CCOCC2)cc(Nc2cc(C#N)ccn2)n1. The molecule has 1 N–H and O–H groups in total. The molecule has 4 heterocycles. The van der Waals surface area contributed by atoms with E-state index in [1.165, 1.54) is 18.4 Å². The minimum atomic E-state index is 0.498. The summed E-state index contributed by atoms with van der Waals surface area (Å²) >= 11 is 0. The lowest BCUT2D eigenvalue weighted by Gasteiger charge is -2.27. The Morgan fingerprint density at radius 2 is 2.04 bits per heavy atom. The van der Waals surface area contributed by atoms with Gasteiger partial charge in [-0.2, -0.15) is 5.26 Å². The molecule has 0 saturated carbocycles. The molecule has 4 rings (SSSR count). The quantitative estimate of drug-likeness (QED) is 0.886. The molecular weight excluding hydrogens is 338 g/mol. The van der Waals surface area contributed by atoms with Crippen LogP contribution in [-0.2, 0) is 4.74 Å². The fourth-order valence-electron chi connectivity index (χ4n) is 3.99. The molecule has 1 atom stereocenters. The van der Waals surface area contributed by atoms with Gasteiger partial charge in [-0.1, -0.05) is 0 Å². The van der Waals surface area contributed by atoms with Crippen LogP contribution in [0.15, 0.2) is 30.5 Å². The molecule has 0 unspecified atom stereocenters. The zero-order chi connectivity index (χ0) is 18.6. The highest BCUT2D eigenvalue weighted by atomic mass is 16.5. The summed E-state index contributed by atoms with van der Waals surface area (Å²) in [6, 6.07) is 10.5. The molecule has 0 amide bonds. The summed E-state index contributed by atoms with van der Waals surface area (Å²) in [5, 5.41) is 12.4. The molecule has 2 fully saturated rings. The molecule has 2 aromatic rings. The normalized spacial score (nSPS) is 20.4. The van der Waals surface area contributed by atoms with Gasteiger partial charge in [0.2, 0.25) is 0 Å². The Morgan fingerprint density at radius 1 is 1.19 bits per heavy atom. The Hall–Kier alpha value is -2.65. The Labute approximate surface area is 160 Å². The second-order valence-electron chi connectivity index (χ2n) is 7.38. The van der Waals surface area contributed by atoms with Crippen molar-refractivity contribution in [2.24, 2.45) is 0 Å². The van der Waals surface area contributed by atoms with Crippen LogP contribution < -0.4 is 10.2 Å². The van der Waals surface area contributed by atoms with Crippen molar-refractivity contribution < 1.29 is 4.74 Å². The van der Waals surface area contributed by atoms with Crippen LogP contribution in [0.25, 0.3) is 0 Å². The summed E-state index contributed by atoms with van der Waals surface area (Å²) in [6.07, 6.45) is 6.14. The standard InChI is InChI=1S/C21H25N5O/c1-15-3-2-8-26(15)21-13-18(17-5-9-27-10-6-17)12-20(25-21)24-19-11-16(14-22)4-7-23-19/h4,7,11-13,15,17H,2-3,5-6,8-10H2,1H3,(H,23,24,25)/t15-/m1/s1. The zero-order valence-electron chi connectivity index (χ0n) is 15.7. The molecule has 6 heteroatoms. The third-order valence-corrected chi connectivity index (χ3v) is 5.52. The van der Waals surface area contributed by atoms with Gasteiger partial charge in [0, 0.05) is 32.0 Å². The van der Waals surface area contributed by atoms with Gasteiger partial charge in [-0.3, -0.25) is 0 Å². The molecule has 2 aliphatic rings. The average Bonchev–Trinajstić information content (AvgIpc) is 3.14. The smallest absolute Gasteiger partial charge is 0.134 e. The van der Waals surface area contributed by atoms with Gasteiger partial charge >= 0.3 is 0 Å². The molecular formula is C21H25N5O. The Balaban J connectivity index is 1.67. The number of hydrogen-bond acceptors (Lipinski definition) is 6. The summed E-state index contributed by atoms with van der Waals surface area (Å²) in [7, 11) is 0. The number of anilines is 3. The monoisotopic (exact) mass is 363 g/mol. The van der Waals surface area contributed by atoms with Crippen molar-refractivity contribution in [3.63, 3.8) is 0 Å². The number of nitriles is 1. The topological polar surface area (TPSA) is 74.1 Å². The fraction of sp³-hybridized carbons (Fsp3) is 0.476. The van der Waals surface area contributed by atoms with E-state index in [4.69, 9.17) is 15.0 Å². The second kappa shape index (κ2) is 7.93. The van der Waals surface area contributed by atoms with Crippen molar-refractivity contribution in [3.8, 4) is 6.07 Å². The number of nitrogens with zero attached hydrogens (tertiary/aromatic N) is 4. The van der Waals surface area contributed by atoms with Crippen LogP contribution in [0.1, 0.15) is 49.7 Å². The molecule has 0 radical (unpaired) electrons. The van der Waals surface area contributed by atoms with Crippen molar-refractivity contribution in [2.45, 2.75) is 44.6 Å². The van der Waals surface area contributed by atoms with Gasteiger partial charge in [0.05, 0.1) is 11.6 Å². The van der Waals surface area contributed by atoms with Gasteiger partial charge < -0.3 is 15.0 Å². The van der Waals surface area contributed by atoms with Crippen LogP contribution in [0, 0.1) is 11.3 Å². The maximum absolute atomic E-state index is 9.12. The molecule has 0 aromatic carbocycles. The number of hydrogen-bond donors (Lipinski definition) is 1. The van der Waals surface area contributed by atoms with E-state index in [0.29, 0.717) is 23.3 Å². The molecule has 2 aliphatic heterocycles. The third-order valence-electron chi connectivity index (χ3n) is 5.52. The minimum Gasteiger partial charge on any atom is -0.381 e. The van der Waals surface area contributed by atoms with E-state index in [1.54, 1.807) is 18.3 Å². The Morgan fingerprint density at radius 3 is 2.78 bits per heavy atom. The van der Waals surface area contributed by atoms with Crippen LogP contribution in [-0.4, -0.2) is 35.8 Å². The van der Waals surface area contributed by atoms with Crippen molar-refractivity contribution >= 4 is 17.5 Å².